The van der Waals surface area contributed by atoms with Gasteiger partial charge in [0.1, 0.15) is 0 Å². The standard InChI is InChI=1S/C20H31N3O2S/c1-26-19-8-5-7-17(13-19)14-21-20(24)23-11-6-12-25-18(16-23)15-22-9-3-2-4-10-22/h5,7-8,13,18H,2-4,6,9-12,14-16H2,1H3,(H,21,24). The zero-order valence-corrected chi connectivity index (χ0v) is 16.6. The monoisotopic (exact) mass is 377 g/mol. The molecule has 2 heterocycles. The Kier molecular flexibility index (Phi) is 7.65. The van der Waals surface area contributed by atoms with Gasteiger partial charge in [0, 0.05) is 37.7 Å². The van der Waals surface area contributed by atoms with Crippen molar-refractivity contribution in [3.63, 3.8) is 0 Å². The molecule has 2 aliphatic rings. The van der Waals surface area contributed by atoms with Gasteiger partial charge in [0.25, 0.3) is 0 Å². The van der Waals surface area contributed by atoms with Crippen LogP contribution in [0.5, 0.6) is 0 Å². The van der Waals surface area contributed by atoms with E-state index in [1.54, 1.807) is 11.8 Å². The molecule has 2 amide bonds. The average Bonchev–Trinajstić information content (AvgIpc) is 2.93. The quantitative estimate of drug-likeness (QED) is 0.801. The van der Waals surface area contributed by atoms with Crippen LogP contribution in [-0.4, -0.2) is 67.5 Å². The predicted octanol–water partition coefficient (Wildman–Crippen LogP) is 3.19. The van der Waals surface area contributed by atoms with Crippen LogP contribution in [0.2, 0.25) is 0 Å². The minimum atomic E-state index is 0.0219. The molecule has 3 rings (SSSR count). The Morgan fingerprint density at radius 2 is 2.08 bits per heavy atom. The number of benzene rings is 1. The van der Waals surface area contributed by atoms with Gasteiger partial charge in [0.2, 0.25) is 0 Å². The number of rotatable bonds is 5. The molecule has 0 radical (unpaired) electrons. The van der Waals surface area contributed by atoms with E-state index in [0.29, 0.717) is 13.1 Å². The molecule has 2 aliphatic heterocycles. The topological polar surface area (TPSA) is 44.8 Å². The Bertz CT molecular complexity index is 578. The van der Waals surface area contributed by atoms with Crippen molar-refractivity contribution in [2.45, 2.75) is 43.2 Å². The third-order valence-corrected chi connectivity index (χ3v) is 5.85. The molecule has 0 saturated carbocycles. The van der Waals surface area contributed by atoms with Gasteiger partial charge in [-0.1, -0.05) is 18.6 Å². The Hall–Kier alpha value is -1.24. The first kappa shape index (κ1) is 19.5. The second kappa shape index (κ2) is 10.2. The molecule has 2 fully saturated rings. The second-order valence-corrected chi connectivity index (χ2v) is 8.04. The maximum Gasteiger partial charge on any atom is 0.317 e. The smallest absolute Gasteiger partial charge is 0.317 e. The number of nitrogens with zero attached hydrogens (tertiary/aromatic N) is 2. The fourth-order valence-electron chi connectivity index (χ4n) is 3.69. The van der Waals surface area contributed by atoms with Crippen molar-refractivity contribution in [2.24, 2.45) is 0 Å². The van der Waals surface area contributed by atoms with Gasteiger partial charge < -0.3 is 19.9 Å². The van der Waals surface area contributed by atoms with Crippen molar-refractivity contribution >= 4 is 17.8 Å². The first-order valence-electron chi connectivity index (χ1n) is 9.74. The Labute approximate surface area is 161 Å². The molecule has 2 saturated heterocycles. The van der Waals surface area contributed by atoms with E-state index in [9.17, 15) is 4.79 Å². The van der Waals surface area contributed by atoms with E-state index in [4.69, 9.17) is 4.74 Å². The Balaban J connectivity index is 1.50. The molecule has 6 heteroatoms. The van der Waals surface area contributed by atoms with Gasteiger partial charge in [-0.2, -0.15) is 0 Å². The van der Waals surface area contributed by atoms with Gasteiger partial charge in [-0.05, 0) is 56.3 Å². The zero-order valence-electron chi connectivity index (χ0n) is 15.8. The number of amides is 2. The largest absolute Gasteiger partial charge is 0.375 e. The van der Waals surface area contributed by atoms with E-state index in [1.165, 1.54) is 24.2 Å². The van der Waals surface area contributed by atoms with E-state index in [2.05, 4.69) is 34.7 Å². The molecule has 0 spiro atoms. The summed E-state index contributed by atoms with van der Waals surface area (Å²) in [7, 11) is 0. The van der Waals surface area contributed by atoms with Gasteiger partial charge in [-0.3, -0.25) is 0 Å². The minimum absolute atomic E-state index is 0.0219. The molecule has 1 unspecified atom stereocenters. The summed E-state index contributed by atoms with van der Waals surface area (Å²) in [5.74, 6) is 0. The summed E-state index contributed by atoms with van der Waals surface area (Å²) < 4.78 is 6.01. The second-order valence-electron chi connectivity index (χ2n) is 7.16. The number of thioether (sulfide) groups is 1. The van der Waals surface area contributed by atoms with Crippen molar-refractivity contribution in [1.82, 2.24) is 15.1 Å². The number of hydrogen-bond acceptors (Lipinski definition) is 4. The summed E-state index contributed by atoms with van der Waals surface area (Å²) in [6.07, 6.45) is 7.01. The van der Waals surface area contributed by atoms with Crippen LogP contribution in [0, 0.1) is 0 Å². The maximum atomic E-state index is 12.7. The van der Waals surface area contributed by atoms with Crippen molar-refractivity contribution in [2.75, 3.05) is 45.6 Å². The summed E-state index contributed by atoms with van der Waals surface area (Å²) >= 11 is 1.72. The first-order valence-corrected chi connectivity index (χ1v) is 11.0. The Morgan fingerprint density at radius 1 is 1.23 bits per heavy atom. The SMILES string of the molecule is CSc1cccc(CNC(=O)N2CCCOC(CN3CCCCC3)C2)c1. The van der Waals surface area contributed by atoms with Crippen LogP contribution in [0.3, 0.4) is 0 Å². The van der Waals surface area contributed by atoms with Gasteiger partial charge in [-0.15, -0.1) is 11.8 Å². The number of carbonyl (C=O) groups is 1. The summed E-state index contributed by atoms with van der Waals surface area (Å²) in [5.41, 5.74) is 1.14. The highest BCUT2D eigenvalue weighted by Gasteiger charge is 2.24. The minimum Gasteiger partial charge on any atom is -0.375 e. The van der Waals surface area contributed by atoms with Crippen LogP contribution < -0.4 is 5.32 Å². The fraction of sp³-hybridized carbons (Fsp3) is 0.650. The van der Waals surface area contributed by atoms with Crippen molar-refractivity contribution in [1.29, 1.82) is 0 Å². The molecular formula is C20H31N3O2S. The number of ether oxygens (including phenoxy) is 1. The highest BCUT2D eigenvalue weighted by molar-refractivity contribution is 7.98. The lowest BCUT2D eigenvalue weighted by molar-refractivity contribution is 0.0256. The van der Waals surface area contributed by atoms with Crippen LogP contribution in [0.15, 0.2) is 29.2 Å². The fourth-order valence-corrected chi connectivity index (χ4v) is 4.18. The van der Waals surface area contributed by atoms with Crippen molar-refractivity contribution in [3.8, 4) is 0 Å². The molecular weight excluding hydrogens is 346 g/mol. The zero-order chi connectivity index (χ0) is 18.2. The number of piperidine rings is 1. The molecule has 26 heavy (non-hydrogen) atoms. The molecule has 1 N–H and O–H groups in total. The van der Waals surface area contributed by atoms with Crippen molar-refractivity contribution < 1.29 is 9.53 Å². The first-order chi connectivity index (χ1) is 12.7. The highest BCUT2D eigenvalue weighted by atomic mass is 32.2. The van der Waals surface area contributed by atoms with Gasteiger partial charge in [0.05, 0.1) is 6.10 Å². The van der Waals surface area contributed by atoms with Gasteiger partial charge in [-0.25, -0.2) is 4.79 Å². The number of hydrogen-bond donors (Lipinski definition) is 1. The lowest BCUT2D eigenvalue weighted by Gasteiger charge is -2.31. The van der Waals surface area contributed by atoms with Crippen LogP contribution in [0.4, 0.5) is 4.79 Å². The number of carbonyl (C=O) groups excluding carboxylic acids is 1. The third-order valence-electron chi connectivity index (χ3n) is 5.13. The molecule has 1 aromatic carbocycles. The lowest BCUT2D eigenvalue weighted by Crippen LogP contribution is -2.46. The number of urea groups is 1. The maximum absolute atomic E-state index is 12.7. The van der Waals surface area contributed by atoms with E-state index >= 15 is 0 Å². The predicted molar refractivity (Wildman–Crippen MR) is 107 cm³/mol. The van der Waals surface area contributed by atoms with Gasteiger partial charge >= 0.3 is 6.03 Å². The van der Waals surface area contributed by atoms with E-state index < -0.39 is 0 Å². The summed E-state index contributed by atoms with van der Waals surface area (Å²) in [6, 6.07) is 8.35. The van der Waals surface area contributed by atoms with Gasteiger partial charge in [0.15, 0.2) is 0 Å². The van der Waals surface area contributed by atoms with E-state index in [0.717, 1.165) is 44.8 Å². The van der Waals surface area contributed by atoms with Crippen LogP contribution in [-0.2, 0) is 11.3 Å². The molecule has 1 atom stereocenters. The van der Waals surface area contributed by atoms with E-state index in [1.807, 2.05) is 11.0 Å². The van der Waals surface area contributed by atoms with Crippen LogP contribution >= 0.6 is 11.8 Å². The molecule has 5 nitrogen and oxygen atoms in total. The normalized spacial score (nSPS) is 22.0. The number of likely N-dealkylation sites (tertiary alicyclic amines) is 1. The number of nitrogens with one attached hydrogen (secondary N) is 1. The molecule has 0 aromatic heterocycles. The Morgan fingerprint density at radius 3 is 2.88 bits per heavy atom. The van der Waals surface area contributed by atoms with Crippen LogP contribution in [0.25, 0.3) is 0 Å². The van der Waals surface area contributed by atoms with Crippen molar-refractivity contribution in [3.05, 3.63) is 29.8 Å². The lowest BCUT2D eigenvalue weighted by atomic mass is 10.1. The molecule has 0 aliphatic carbocycles. The summed E-state index contributed by atoms with van der Waals surface area (Å²) in [5, 5.41) is 3.08. The summed E-state index contributed by atoms with van der Waals surface area (Å²) in [6.45, 7) is 6.05. The molecule has 144 valence electrons. The highest BCUT2D eigenvalue weighted by Crippen LogP contribution is 2.16. The average molecular weight is 378 g/mol. The molecule has 1 aromatic rings. The summed E-state index contributed by atoms with van der Waals surface area (Å²) in [4.78, 5) is 18.3. The third kappa shape index (κ3) is 5.89. The van der Waals surface area contributed by atoms with E-state index in [-0.39, 0.29) is 12.1 Å². The van der Waals surface area contributed by atoms with Crippen LogP contribution in [0.1, 0.15) is 31.2 Å². The molecule has 0 bridgehead atoms.